The van der Waals surface area contributed by atoms with Gasteiger partial charge >= 0.3 is 0 Å². The number of benzene rings is 2. The fourth-order valence-corrected chi connectivity index (χ4v) is 4.10. The van der Waals surface area contributed by atoms with Gasteiger partial charge in [-0.3, -0.25) is 9.58 Å². The van der Waals surface area contributed by atoms with E-state index in [0.29, 0.717) is 5.88 Å². The van der Waals surface area contributed by atoms with Crippen LogP contribution in [-0.2, 0) is 13.1 Å². The van der Waals surface area contributed by atoms with Crippen LogP contribution in [0, 0.1) is 0 Å². The van der Waals surface area contributed by atoms with Crippen molar-refractivity contribution in [3.63, 3.8) is 0 Å². The first kappa shape index (κ1) is 19.6. The lowest BCUT2D eigenvalue weighted by atomic mass is 10.1. The number of alkyl halides is 1. The summed E-state index contributed by atoms with van der Waals surface area (Å²) in [7, 11) is 0. The first-order valence-corrected chi connectivity index (χ1v) is 10.5. The van der Waals surface area contributed by atoms with Gasteiger partial charge in [0.1, 0.15) is 0 Å². The second kappa shape index (κ2) is 9.70. The van der Waals surface area contributed by atoms with Crippen LogP contribution in [0.25, 0.3) is 0 Å². The number of rotatable bonds is 8. The molecule has 0 aliphatic heterocycles. The highest BCUT2D eigenvalue weighted by Gasteiger charge is 2.17. The van der Waals surface area contributed by atoms with Gasteiger partial charge in [-0.25, -0.2) is 0 Å². The monoisotopic (exact) mass is 495 g/mol. The standard InChI is InChI=1S/C20H20Br2ClN3/c21-18-6-1-4-16(10-18)13-25(14-17-5-2-7-19(22)11-17)15-20(12-23)26-9-3-8-24-26/h1-11,20H,12-15H2/t20-/m1/s1. The Morgan fingerprint density at radius 3 is 2.04 bits per heavy atom. The maximum Gasteiger partial charge on any atom is 0.0781 e. The summed E-state index contributed by atoms with van der Waals surface area (Å²) in [5, 5.41) is 4.37. The molecule has 2 aromatic carbocycles. The second-order valence-electron chi connectivity index (χ2n) is 6.22. The van der Waals surface area contributed by atoms with Crippen molar-refractivity contribution in [3.05, 3.63) is 87.1 Å². The van der Waals surface area contributed by atoms with E-state index in [0.717, 1.165) is 28.6 Å². The van der Waals surface area contributed by atoms with Gasteiger partial charge in [-0.05, 0) is 41.5 Å². The molecule has 1 atom stereocenters. The summed E-state index contributed by atoms with van der Waals surface area (Å²) in [5.74, 6) is 0.523. The first-order valence-electron chi connectivity index (χ1n) is 8.40. The molecule has 0 unspecified atom stereocenters. The fourth-order valence-electron chi connectivity index (χ4n) is 2.97. The predicted octanol–water partition coefficient (Wildman–Crippen LogP) is 5.89. The van der Waals surface area contributed by atoms with E-state index in [1.807, 2.05) is 29.1 Å². The van der Waals surface area contributed by atoms with Crippen LogP contribution in [0.3, 0.4) is 0 Å². The van der Waals surface area contributed by atoms with Crippen LogP contribution in [0.5, 0.6) is 0 Å². The molecule has 0 fully saturated rings. The molecule has 6 heteroatoms. The number of hydrogen-bond donors (Lipinski definition) is 0. The Morgan fingerprint density at radius 1 is 0.962 bits per heavy atom. The van der Waals surface area contributed by atoms with Crippen LogP contribution in [0.4, 0.5) is 0 Å². The van der Waals surface area contributed by atoms with Crippen LogP contribution in [0.2, 0.25) is 0 Å². The summed E-state index contributed by atoms with van der Waals surface area (Å²) in [6.45, 7) is 2.52. The first-order chi connectivity index (χ1) is 12.6. The summed E-state index contributed by atoms with van der Waals surface area (Å²) in [4.78, 5) is 2.41. The molecule has 0 aliphatic carbocycles. The maximum absolute atomic E-state index is 6.26. The summed E-state index contributed by atoms with van der Waals surface area (Å²) >= 11 is 13.4. The molecule has 3 nitrogen and oxygen atoms in total. The summed E-state index contributed by atoms with van der Waals surface area (Å²) in [6.07, 6.45) is 3.77. The molecule has 3 rings (SSSR count). The van der Waals surface area contributed by atoms with E-state index in [1.54, 1.807) is 6.20 Å². The van der Waals surface area contributed by atoms with Crippen LogP contribution in [-0.4, -0.2) is 27.1 Å². The third-order valence-electron chi connectivity index (χ3n) is 4.14. The van der Waals surface area contributed by atoms with Gasteiger partial charge in [-0.2, -0.15) is 5.10 Å². The van der Waals surface area contributed by atoms with E-state index in [9.17, 15) is 0 Å². The molecular weight excluding hydrogens is 478 g/mol. The van der Waals surface area contributed by atoms with Crippen molar-refractivity contribution in [2.24, 2.45) is 0 Å². The zero-order chi connectivity index (χ0) is 18.4. The van der Waals surface area contributed by atoms with Gasteiger partial charge in [-0.15, -0.1) is 11.6 Å². The highest BCUT2D eigenvalue weighted by atomic mass is 79.9. The van der Waals surface area contributed by atoms with Gasteiger partial charge in [0.2, 0.25) is 0 Å². The largest absolute Gasteiger partial charge is 0.293 e. The molecule has 0 N–H and O–H groups in total. The molecule has 0 saturated heterocycles. The SMILES string of the molecule is ClC[C@H](CN(Cc1cccc(Br)c1)Cc1cccc(Br)c1)n1cccn1. The maximum atomic E-state index is 6.26. The van der Waals surface area contributed by atoms with Crippen molar-refractivity contribution in [3.8, 4) is 0 Å². The molecule has 0 spiro atoms. The summed E-state index contributed by atoms with van der Waals surface area (Å²) in [5.41, 5.74) is 2.53. The van der Waals surface area contributed by atoms with E-state index in [4.69, 9.17) is 11.6 Å². The lowest BCUT2D eigenvalue weighted by Gasteiger charge is -2.27. The fraction of sp³-hybridized carbons (Fsp3) is 0.250. The minimum atomic E-state index is 0.131. The lowest BCUT2D eigenvalue weighted by molar-refractivity contribution is 0.217. The quantitative estimate of drug-likeness (QED) is 0.362. The molecule has 0 amide bonds. The van der Waals surface area contributed by atoms with Gasteiger partial charge < -0.3 is 0 Å². The minimum Gasteiger partial charge on any atom is -0.293 e. The van der Waals surface area contributed by atoms with E-state index in [2.05, 4.69) is 78.3 Å². The van der Waals surface area contributed by atoms with Gasteiger partial charge in [-0.1, -0.05) is 56.1 Å². The number of aromatic nitrogens is 2. The Morgan fingerprint density at radius 2 is 1.58 bits per heavy atom. The third-order valence-corrected chi connectivity index (χ3v) is 5.48. The molecule has 0 saturated carbocycles. The second-order valence-corrected chi connectivity index (χ2v) is 8.36. The predicted molar refractivity (Wildman–Crippen MR) is 114 cm³/mol. The molecule has 0 bridgehead atoms. The number of hydrogen-bond acceptors (Lipinski definition) is 2. The smallest absolute Gasteiger partial charge is 0.0781 e. The minimum absolute atomic E-state index is 0.131. The van der Waals surface area contributed by atoms with Gasteiger partial charge in [0.05, 0.1) is 6.04 Å². The van der Waals surface area contributed by atoms with E-state index >= 15 is 0 Å². The number of nitrogens with zero attached hydrogens (tertiary/aromatic N) is 3. The molecular formula is C20H20Br2ClN3. The van der Waals surface area contributed by atoms with E-state index in [1.165, 1.54) is 11.1 Å². The van der Waals surface area contributed by atoms with E-state index in [-0.39, 0.29) is 6.04 Å². The Labute approximate surface area is 176 Å². The molecule has 136 valence electrons. The molecule has 0 radical (unpaired) electrons. The lowest BCUT2D eigenvalue weighted by Crippen LogP contribution is -2.31. The summed E-state index contributed by atoms with van der Waals surface area (Å²) < 4.78 is 4.14. The van der Waals surface area contributed by atoms with Crippen molar-refractivity contribution in [1.29, 1.82) is 0 Å². The van der Waals surface area contributed by atoms with Crippen molar-refractivity contribution < 1.29 is 0 Å². The molecule has 26 heavy (non-hydrogen) atoms. The Kier molecular flexibility index (Phi) is 7.32. The van der Waals surface area contributed by atoms with Gasteiger partial charge in [0.25, 0.3) is 0 Å². The Bertz CT molecular complexity index is 776. The highest BCUT2D eigenvalue weighted by molar-refractivity contribution is 9.10. The summed E-state index contributed by atoms with van der Waals surface area (Å²) in [6, 6.07) is 18.9. The van der Waals surface area contributed by atoms with Crippen LogP contribution in [0.15, 0.2) is 75.9 Å². The van der Waals surface area contributed by atoms with Crippen molar-refractivity contribution in [2.75, 3.05) is 12.4 Å². The van der Waals surface area contributed by atoms with Crippen molar-refractivity contribution >= 4 is 43.5 Å². The number of halogens is 3. The van der Waals surface area contributed by atoms with Crippen LogP contribution >= 0.6 is 43.5 Å². The third kappa shape index (κ3) is 5.68. The zero-order valence-corrected chi connectivity index (χ0v) is 18.2. The Balaban J connectivity index is 1.80. The van der Waals surface area contributed by atoms with Crippen molar-refractivity contribution in [2.45, 2.75) is 19.1 Å². The van der Waals surface area contributed by atoms with Crippen LogP contribution < -0.4 is 0 Å². The van der Waals surface area contributed by atoms with Gasteiger partial charge in [0, 0.05) is 46.9 Å². The molecule has 0 aliphatic rings. The molecule has 3 aromatic rings. The van der Waals surface area contributed by atoms with Gasteiger partial charge in [0.15, 0.2) is 0 Å². The Hall–Kier alpha value is -1.14. The van der Waals surface area contributed by atoms with Crippen molar-refractivity contribution in [1.82, 2.24) is 14.7 Å². The van der Waals surface area contributed by atoms with Crippen LogP contribution in [0.1, 0.15) is 17.2 Å². The highest BCUT2D eigenvalue weighted by Crippen LogP contribution is 2.20. The average molecular weight is 498 g/mol. The van der Waals surface area contributed by atoms with E-state index < -0.39 is 0 Å². The average Bonchev–Trinajstić information content (AvgIpc) is 3.14. The molecule has 1 heterocycles. The normalized spacial score (nSPS) is 12.5. The topological polar surface area (TPSA) is 21.1 Å². The molecule has 1 aromatic heterocycles. The zero-order valence-electron chi connectivity index (χ0n) is 14.2.